The zero-order valence-electron chi connectivity index (χ0n) is 46.2. The lowest BCUT2D eigenvalue weighted by molar-refractivity contribution is -0.870. The van der Waals surface area contributed by atoms with Gasteiger partial charge in [0.15, 0.2) is 0 Å². The molecule has 3 N–H and O–H groups in total. The Morgan fingerprint density at radius 2 is 0.857 bits per heavy atom. The first-order chi connectivity index (χ1) is 34.0. The Morgan fingerprint density at radius 1 is 0.500 bits per heavy atom. The molecule has 0 aromatic carbocycles. The number of phosphoric acid groups is 1. The summed E-state index contributed by atoms with van der Waals surface area (Å²) in [4.78, 5) is 23.3. The van der Waals surface area contributed by atoms with Crippen molar-refractivity contribution in [2.45, 2.75) is 257 Å². The lowest BCUT2D eigenvalue weighted by atomic mass is 10.0. The summed E-state index contributed by atoms with van der Waals surface area (Å²) in [7, 11) is 1.57. The molecule has 0 aromatic rings. The summed E-state index contributed by atoms with van der Waals surface area (Å²) < 4.78 is 23.7. The Bertz CT molecular complexity index is 1410. The molecule has 406 valence electrons. The first-order valence-electron chi connectivity index (χ1n) is 29.0. The molecule has 3 atom stereocenters. The first kappa shape index (κ1) is 67.7. The highest BCUT2D eigenvalue weighted by atomic mass is 31.2. The number of likely N-dealkylation sites (N-methyl/N-ethyl adjacent to an activating group) is 1. The summed E-state index contributed by atoms with van der Waals surface area (Å²) in [6, 6.07) is -0.850. The van der Waals surface area contributed by atoms with Gasteiger partial charge in [-0.3, -0.25) is 13.8 Å². The number of allylic oxidation sites excluding steroid dienone is 13. The molecule has 70 heavy (non-hydrogen) atoms. The molecule has 0 spiro atoms. The van der Waals surface area contributed by atoms with Crippen molar-refractivity contribution in [3.63, 3.8) is 0 Å². The molecule has 3 unspecified atom stereocenters. The van der Waals surface area contributed by atoms with E-state index in [4.69, 9.17) is 9.05 Å². The minimum Gasteiger partial charge on any atom is -0.387 e. The van der Waals surface area contributed by atoms with E-state index < -0.39 is 20.0 Å². The molecule has 8 nitrogen and oxygen atoms in total. The number of quaternary nitrogens is 1. The standard InChI is InChI=1S/C61H111N2O6P/c1-6-8-10-12-14-16-18-20-22-23-24-25-26-27-28-29-30-31-32-33-34-35-36-37-38-39-41-43-45-47-49-51-53-55-61(65)62-59(58-69-70(66,67)68-57-56-63(3,4)5)60(64)54-52-50-48-46-44-42-40-21-19-17-15-13-11-9-7-2/h8,10,14,16,20,22,24-25,27-28,30-31,52,54,59-60,64H,6-7,9,11-13,15,17-19,21,23,26,29,32-51,53,55-58H2,1-5H3,(H-,62,65,66,67)/p+1/b10-8-,16-14-,22-20-,25-24-,28-27-,31-30-,54-52+. The van der Waals surface area contributed by atoms with E-state index in [1.165, 1.54) is 148 Å². The van der Waals surface area contributed by atoms with Gasteiger partial charge in [0, 0.05) is 6.42 Å². The quantitative estimate of drug-likeness (QED) is 0.0243. The van der Waals surface area contributed by atoms with Crippen molar-refractivity contribution < 1.29 is 32.9 Å². The number of amides is 1. The van der Waals surface area contributed by atoms with Crippen molar-refractivity contribution in [2.24, 2.45) is 0 Å². The zero-order chi connectivity index (χ0) is 51.3. The highest BCUT2D eigenvalue weighted by Crippen LogP contribution is 2.43. The van der Waals surface area contributed by atoms with E-state index >= 15 is 0 Å². The van der Waals surface area contributed by atoms with Crippen LogP contribution < -0.4 is 5.32 Å². The van der Waals surface area contributed by atoms with Crippen LogP contribution >= 0.6 is 7.82 Å². The average molecular weight is 1000 g/mol. The molecule has 0 heterocycles. The topological polar surface area (TPSA) is 105 Å². The van der Waals surface area contributed by atoms with Crippen LogP contribution in [-0.2, 0) is 18.4 Å². The second kappa shape index (κ2) is 51.6. The van der Waals surface area contributed by atoms with E-state index in [0.717, 1.165) is 77.0 Å². The van der Waals surface area contributed by atoms with Gasteiger partial charge in [0.05, 0.1) is 39.9 Å². The number of rotatable bonds is 52. The van der Waals surface area contributed by atoms with Crippen molar-refractivity contribution >= 4 is 13.7 Å². The minimum atomic E-state index is -4.35. The van der Waals surface area contributed by atoms with Crippen LogP contribution in [0.25, 0.3) is 0 Å². The van der Waals surface area contributed by atoms with E-state index in [-0.39, 0.29) is 19.1 Å². The summed E-state index contributed by atoms with van der Waals surface area (Å²) >= 11 is 0. The summed E-state index contributed by atoms with van der Waals surface area (Å²) in [5.74, 6) is -0.179. The van der Waals surface area contributed by atoms with Gasteiger partial charge >= 0.3 is 7.82 Å². The van der Waals surface area contributed by atoms with Crippen LogP contribution in [0.5, 0.6) is 0 Å². The molecule has 0 aliphatic carbocycles. The van der Waals surface area contributed by atoms with Crippen LogP contribution in [0.4, 0.5) is 0 Å². The van der Waals surface area contributed by atoms with Crippen LogP contribution in [0.15, 0.2) is 85.1 Å². The number of aliphatic hydroxyl groups excluding tert-OH is 1. The smallest absolute Gasteiger partial charge is 0.387 e. The van der Waals surface area contributed by atoms with Gasteiger partial charge in [0.25, 0.3) is 0 Å². The highest BCUT2D eigenvalue weighted by molar-refractivity contribution is 7.47. The van der Waals surface area contributed by atoms with Gasteiger partial charge in [-0.15, -0.1) is 0 Å². The molecule has 0 radical (unpaired) electrons. The molecule has 0 aliphatic heterocycles. The molecule has 0 saturated carbocycles. The largest absolute Gasteiger partial charge is 0.472 e. The number of carbonyl (C=O) groups excluding carboxylic acids is 1. The van der Waals surface area contributed by atoms with Gasteiger partial charge in [0.1, 0.15) is 13.2 Å². The fraction of sp³-hybridized carbons (Fsp3) is 0.754. The fourth-order valence-electron chi connectivity index (χ4n) is 8.10. The predicted octanol–water partition coefficient (Wildman–Crippen LogP) is 17.6. The number of hydrogen-bond donors (Lipinski definition) is 3. The molecule has 1 amide bonds. The molecule has 0 fully saturated rings. The lowest BCUT2D eigenvalue weighted by Gasteiger charge is -2.25. The maximum absolute atomic E-state index is 13.0. The number of aliphatic hydroxyl groups is 1. The van der Waals surface area contributed by atoms with Crippen LogP contribution in [0.2, 0.25) is 0 Å². The van der Waals surface area contributed by atoms with Gasteiger partial charge in [0.2, 0.25) is 5.91 Å². The Hall–Kier alpha value is -2.32. The third-order valence-corrected chi connectivity index (χ3v) is 13.6. The molecule has 0 aliphatic rings. The van der Waals surface area contributed by atoms with E-state index in [2.05, 4.69) is 92.1 Å². The number of nitrogens with one attached hydrogen (secondary N) is 1. The van der Waals surface area contributed by atoms with Gasteiger partial charge < -0.3 is 19.8 Å². The Balaban J connectivity index is 4.11. The van der Waals surface area contributed by atoms with Crippen molar-refractivity contribution in [1.82, 2.24) is 5.32 Å². The second-order valence-corrected chi connectivity index (χ2v) is 22.1. The van der Waals surface area contributed by atoms with Crippen molar-refractivity contribution in [2.75, 3.05) is 40.9 Å². The zero-order valence-corrected chi connectivity index (χ0v) is 47.1. The Morgan fingerprint density at radius 3 is 1.26 bits per heavy atom. The summed E-state index contributed by atoms with van der Waals surface area (Å²) in [6.07, 6.45) is 72.5. The molecule has 0 saturated heterocycles. The third-order valence-electron chi connectivity index (χ3n) is 12.6. The van der Waals surface area contributed by atoms with E-state index in [1.807, 2.05) is 27.2 Å². The van der Waals surface area contributed by atoms with E-state index in [1.54, 1.807) is 6.08 Å². The maximum atomic E-state index is 13.0. The first-order valence-corrected chi connectivity index (χ1v) is 30.5. The number of nitrogens with zero attached hydrogens (tertiary/aromatic N) is 1. The van der Waals surface area contributed by atoms with E-state index in [0.29, 0.717) is 17.4 Å². The maximum Gasteiger partial charge on any atom is 0.472 e. The molecular weight excluding hydrogens is 888 g/mol. The van der Waals surface area contributed by atoms with Crippen LogP contribution in [0.1, 0.15) is 245 Å². The van der Waals surface area contributed by atoms with E-state index in [9.17, 15) is 19.4 Å². The predicted molar refractivity (Wildman–Crippen MR) is 304 cm³/mol. The van der Waals surface area contributed by atoms with Gasteiger partial charge in [-0.2, -0.15) is 0 Å². The number of carbonyl (C=O) groups is 1. The number of unbranched alkanes of at least 4 members (excludes halogenated alkanes) is 27. The number of hydrogen-bond acceptors (Lipinski definition) is 5. The van der Waals surface area contributed by atoms with Crippen molar-refractivity contribution in [1.29, 1.82) is 0 Å². The Kier molecular flexibility index (Phi) is 49.9. The molecule has 0 rings (SSSR count). The summed E-state index contributed by atoms with van der Waals surface area (Å²) in [6.45, 7) is 4.71. The van der Waals surface area contributed by atoms with Crippen LogP contribution in [-0.4, -0.2) is 73.4 Å². The lowest BCUT2D eigenvalue weighted by Crippen LogP contribution is -2.45. The summed E-state index contributed by atoms with van der Waals surface area (Å²) in [5.41, 5.74) is 0. The molecule has 0 bridgehead atoms. The molecule has 0 aromatic heterocycles. The van der Waals surface area contributed by atoms with Gasteiger partial charge in [-0.1, -0.05) is 253 Å². The fourth-order valence-corrected chi connectivity index (χ4v) is 8.84. The minimum absolute atomic E-state index is 0.0591. The molecular formula is C61H112N2O6P+. The monoisotopic (exact) mass is 1000 g/mol. The summed E-state index contributed by atoms with van der Waals surface area (Å²) in [5, 5.41) is 13.9. The molecule has 9 heteroatoms. The van der Waals surface area contributed by atoms with Gasteiger partial charge in [-0.25, -0.2) is 4.57 Å². The van der Waals surface area contributed by atoms with Crippen LogP contribution in [0.3, 0.4) is 0 Å². The highest BCUT2D eigenvalue weighted by Gasteiger charge is 2.27. The Labute approximate surface area is 433 Å². The number of phosphoric ester groups is 1. The average Bonchev–Trinajstić information content (AvgIpc) is 3.32. The van der Waals surface area contributed by atoms with Gasteiger partial charge in [-0.05, 0) is 70.6 Å². The normalized spacial score (nSPS) is 14.6. The SMILES string of the molecule is CC/C=C\C/C=C\C/C=C\C/C=C\C/C=C\C/C=C\CCCCCCCCCCCCCCCCC(=O)NC(COP(=O)(O)OCC[N+](C)(C)C)C(O)/C=C/CCCCCCCCCCCCCCC. The third kappa shape index (κ3) is 53.5. The van der Waals surface area contributed by atoms with Crippen molar-refractivity contribution in [3.05, 3.63) is 85.1 Å². The van der Waals surface area contributed by atoms with Crippen molar-refractivity contribution in [3.8, 4) is 0 Å². The van der Waals surface area contributed by atoms with Crippen LogP contribution in [0, 0.1) is 0 Å². The second-order valence-electron chi connectivity index (χ2n) is 20.6.